The Morgan fingerprint density at radius 2 is 2.38 bits per heavy atom. The van der Waals surface area contributed by atoms with Crippen molar-refractivity contribution in [1.82, 2.24) is 4.90 Å². The van der Waals surface area contributed by atoms with E-state index in [4.69, 9.17) is 5.11 Å². The monoisotopic (exact) mass is 187 g/mol. The second-order valence-corrected chi connectivity index (χ2v) is 3.71. The first kappa shape index (κ1) is 10.6. The number of rotatable bonds is 3. The quantitative estimate of drug-likeness (QED) is 0.610. The Hall–Kier alpha value is -0.450. The van der Waals surface area contributed by atoms with Gasteiger partial charge in [0.05, 0.1) is 12.7 Å². The van der Waals surface area contributed by atoms with Crippen LogP contribution >= 0.6 is 0 Å². The normalized spacial score (nSPS) is 27.6. The molecule has 13 heavy (non-hydrogen) atoms. The summed E-state index contributed by atoms with van der Waals surface area (Å²) in [5.74, 6) is 0.370. The first-order valence-electron chi connectivity index (χ1n) is 4.67. The van der Waals surface area contributed by atoms with Crippen molar-refractivity contribution in [3.8, 4) is 0 Å². The molecule has 1 aliphatic rings. The lowest BCUT2D eigenvalue weighted by Crippen LogP contribution is -2.43. The van der Waals surface area contributed by atoms with Gasteiger partial charge >= 0.3 is 0 Å². The van der Waals surface area contributed by atoms with Crippen molar-refractivity contribution < 1.29 is 15.0 Å². The highest BCUT2D eigenvalue weighted by Gasteiger charge is 2.24. The lowest BCUT2D eigenvalue weighted by atomic mass is 9.98. The molecule has 0 bridgehead atoms. The highest BCUT2D eigenvalue weighted by molar-refractivity contribution is 5.81. The summed E-state index contributed by atoms with van der Waals surface area (Å²) in [7, 11) is 0. The third kappa shape index (κ3) is 3.06. The maximum Gasteiger partial charge on any atom is 0.138 e. The smallest absolute Gasteiger partial charge is 0.138 e. The van der Waals surface area contributed by atoms with Gasteiger partial charge in [-0.25, -0.2) is 0 Å². The Morgan fingerprint density at radius 3 is 2.92 bits per heavy atom. The summed E-state index contributed by atoms with van der Waals surface area (Å²) in [5.41, 5.74) is 0. The van der Waals surface area contributed by atoms with Crippen molar-refractivity contribution in [2.75, 3.05) is 26.2 Å². The maximum atomic E-state index is 11.2. The largest absolute Gasteiger partial charge is 0.394 e. The van der Waals surface area contributed by atoms with E-state index in [2.05, 4.69) is 0 Å². The van der Waals surface area contributed by atoms with Crippen molar-refractivity contribution in [3.05, 3.63) is 0 Å². The molecule has 0 spiro atoms. The number of hydrogen-bond donors (Lipinski definition) is 2. The predicted molar refractivity (Wildman–Crippen MR) is 48.3 cm³/mol. The number of aliphatic hydroxyl groups is 2. The summed E-state index contributed by atoms with van der Waals surface area (Å²) in [6.07, 6.45) is -0.111. The van der Waals surface area contributed by atoms with E-state index < -0.39 is 6.10 Å². The Balaban J connectivity index is 2.33. The fourth-order valence-electron chi connectivity index (χ4n) is 1.62. The summed E-state index contributed by atoms with van der Waals surface area (Å²) in [4.78, 5) is 13.2. The van der Waals surface area contributed by atoms with E-state index in [1.54, 1.807) is 0 Å². The van der Waals surface area contributed by atoms with Gasteiger partial charge in [0.15, 0.2) is 0 Å². The maximum absolute atomic E-state index is 11.2. The van der Waals surface area contributed by atoms with Gasteiger partial charge in [0.2, 0.25) is 0 Å². The minimum absolute atomic E-state index is 0.0691. The van der Waals surface area contributed by atoms with Crippen LogP contribution in [0.25, 0.3) is 0 Å². The van der Waals surface area contributed by atoms with Gasteiger partial charge < -0.3 is 10.2 Å². The molecule has 76 valence electrons. The number of ketones is 1. The number of carbonyl (C=O) groups excluding carboxylic acids is 1. The molecule has 1 heterocycles. The summed E-state index contributed by atoms with van der Waals surface area (Å²) >= 11 is 0. The average Bonchev–Trinajstić information content (AvgIpc) is 2.11. The average molecular weight is 187 g/mol. The molecule has 2 unspecified atom stereocenters. The number of aliphatic hydroxyl groups excluding tert-OH is 2. The third-order valence-corrected chi connectivity index (χ3v) is 2.44. The fourth-order valence-corrected chi connectivity index (χ4v) is 1.62. The van der Waals surface area contributed by atoms with Crippen molar-refractivity contribution >= 4 is 5.78 Å². The minimum atomic E-state index is -0.680. The van der Waals surface area contributed by atoms with E-state index in [-0.39, 0.29) is 12.5 Å². The second kappa shape index (κ2) is 4.69. The van der Waals surface area contributed by atoms with Crippen LogP contribution in [0.3, 0.4) is 0 Å². The van der Waals surface area contributed by atoms with Crippen molar-refractivity contribution in [2.45, 2.75) is 19.4 Å². The molecule has 4 heteroatoms. The molecule has 0 radical (unpaired) electrons. The van der Waals surface area contributed by atoms with Crippen LogP contribution < -0.4 is 0 Å². The number of piperidine rings is 1. The van der Waals surface area contributed by atoms with Gasteiger partial charge in [0, 0.05) is 32.0 Å². The van der Waals surface area contributed by atoms with E-state index in [0.717, 1.165) is 0 Å². The topological polar surface area (TPSA) is 60.8 Å². The van der Waals surface area contributed by atoms with Gasteiger partial charge in [-0.1, -0.05) is 6.92 Å². The van der Waals surface area contributed by atoms with Gasteiger partial charge in [0.1, 0.15) is 5.78 Å². The Labute approximate surface area is 78.2 Å². The van der Waals surface area contributed by atoms with E-state index in [1.165, 1.54) is 0 Å². The lowest BCUT2D eigenvalue weighted by Gasteiger charge is -2.30. The Morgan fingerprint density at radius 1 is 1.69 bits per heavy atom. The van der Waals surface area contributed by atoms with E-state index in [9.17, 15) is 9.90 Å². The van der Waals surface area contributed by atoms with E-state index in [0.29, 0.717) is 31.8 Å². The van der Waals surface area contributed by atoms with Gasteiger partial charge in [-0.2, -0.15) is 0 Å². The van der Waals surface area contributed by atoms with Gasteiger partial charge in [-0.15, -0.1) is 0 Å². The molecule has 2 N–H and O–H groups in total. The highest BCUT2D eigenvalue weighted by atomic mass is 16.3. The number of β-amino-alcohol motifs (C(OH)–C–C–N with tert-alkyl or cyclic N) is 1. The van der Waals surface area contributed by atoms with Crippen LogP contribution in [0.15, 0.2) is 0 Å². The SMILES string of the molecule is CC1CN(CC(O)CO)CCC1=O. The van der Waals surface area contributed by atoms with E-state index >= 15 is 0 Å². The Bertz CT molecular complexity index is 184. The number of likely N-dealkylation sites (tertiary alicyclic amines) is 1. The van der Waals surface area contributed by atoms with Crippen LogP contribution in [0.5, 0.6) is 0 Å². The van der Waals surface area contributed by atoms with Crippen LogP contribution in [-0.2, 0) is 4.79 Å². The fraction of sp³-hybridized carbons (Fsp3) is 0.889. The molecule has 0 aromatic rings. The zero-order valence-corrected chi connectivity index (χ0v) is 7.94. The van der Waals surface area contributed by atoms with Crippen molar-refractivity contribution in [1.29, 1.82) is 0 Å². The van der Waals surface area contributed by atoms with Crippen molar-refractivity contribution in [3.63, 3.8) is 0 Å². The number of hydrogen-bond acceptors (Lipinski definition) is 4. The minimum Gasteiger partial charge on any atom is -0.394 e. The summed E-state index contributed by atoms with van der Waals surface area (Å²) in [6, 6.07) is 0. The molecule has 0 amide bonds. The molecule has 4 nitrogen and oxygen atoms in total. The zero-order valence-electron chi connectivity index (χ0n) is 7.94. The molecule has 1 fully saturated rings. The Kier molecular flexibility index (Phi) is 3.84. The van der Waals surface area contributed by atoms with Crippen LogP contribution in [0.1, 0.15) is 13.3 Å². The summed E-state index contributed by atoms with van der Waals surface area (Å²) in [5, 5.41) is 17.8. The molecule has 0 aromatic carbocycles. The van der Waals surface area contributed by atoms with Gasteiger partial charge in [-0.3, -0.25) is 9.69 Å². The molecular weight excluding hydrogens is 170 g/mol. The molecule has 1 saturated heterocycles. The zero-order chi connectivity index (χ0) is 9.84. The van der Waals surface area contributed by atoms with Gasteiger partial charge in [-0.05, 0) is 0 Å². The molecule has 1 aliphatic heterocycles. The molecule has 0 aromatic heterocycles. The van der Waals surface area contributed by atoms with E-state index in [1.807, 2.05) is 11.8 Å². The molecule has 0 aliphatic carbocycles. The standard InChI is InChI=1S/C9H17NO3/c1-7-4-10(3-2-9(7)13)5-8(12)6-11/h7-8,11-12H,2-6H2,1H3. The van der Waals surface area contributed by atoms with Crippen molar-refractivity contribution in [2.24, 2.45) is 5.92 Å². The third-order valence-electron chi connectivity index (χ3n) is 2.44. The number of Topliss-reactive ketones (excluding diaryl/α,β-unsaturated/α-hetero) is 1. The molecule has 2 atom stereocenters. The second-order valence-electron chi connectivity index (χ2n) is 3.71. The molecule has 1 rings (SSSR count). The number of carbonyl (C=O) groups is 1. The highest BCUT2D eigenvalue weighted by Crippen LogP contribution is 2.12. The summed E-state index contributed by atoms with van der Waals surface area (Å²) < 4.78 is 0. The van der Waals surface area contributed by atoms with Crippen LogP contribution in [0.4, 0.5) is 0 Å². The first-order chi connectivity index (χ1) is 6.13. The number of nitrogens with zero attached hydrogens (tertiary/aromatic N) is 1. The first-order valence-corrected chi connectivity index (χ1v) is 4.67. The predicted octanol–water partition coefficient (Wildman–Crippen LogP) is -0.750. The molecule has 0 saturated carbocycles. The summed E-state index contributed by atoms with van der Waals surface area (Å²) in [6.45, 7) is 3.57. The van der Waals surface area contributed by atoms with Crippen LogP contribution in [-0.4, -0.2) is 53.2 Å². The van der Waals surface area contributed by atoms with Gasteiger partial charge in [0.25, 0.3) is 0 Å². The van der Waals surface area contributed by atoms with Crippen LogP contribution in [0.2, 0.25) is 0 Å². The van der Waals surface area contributed by atoms with Crippen LogP contribution in [0, 0.1) is 5.92 Å². The molecular formula is C9H17NO3. The lowest BCUT2D eigenvalue weighted by molar-refractivity contribution is -0.126.